The quantitative estimate of drug-likeness (QED) is 0.691. The molecule has 2 saturated heterocycles. The number of aliphatic hydroxyl groups excluding tert-OH is 1. The van der Waals surface area contributed by atoms with Gasteiger partial charge in [-0.2, -0.15) is 23.0 Å². The van der Waals surface area contributed by atoms with Crippen LogP contribution in [0.1, 0.15) is 36.0 Å². The number of hydrogen-bond donors (Lipinski definition) is 2. The Morgan fingerprint density at radius 1 is 1.03 bits per heavy atom. The number of para-hydroxylation sites is 1. The lowest BCUT2D eigenvalue weighted by Crippen LogP contribution is -2.49. The number of benzene rings is 1. The third-order valence-electron chi connectivity index (χ3n) is 5.95. The minimum Gasteiger partial charge on any atom is -0.371 e. The molecule has 1 amide bonds. The molecule has 0 unspecified atom stereocenters. The molecule has 0 saturated carbocycles. The molecule has 1 aromatic heterocycles. The van der Waals surface area contributed by atoms with Gasteiger partial charge in [-0.3, -0.25) is 4.90 Å². The van der Waals surface area contributed by atoms with Gasteiger partial charge in [0.2, 0.25) is 0 Å². The first kappa shape index (κ1) is 22.6. The molecule has 0 bridgehead atoms. The number of halogens is 3. The summed E-state index contributed by atoms with van der Waals surface area (Å²) in [5.74, 6) is 0. The number of piperazine rings is 1. The lowest BCUT2D eigenvalue weighted by Gasteiger charge is -2.35. The minimum atomic E-state index is -4.41. The molecule has 11 heteroatoms. The van der Waals surface area contributed by atoms with Crippen molar-refractivity contribution in [1.82, 2.24) is 19.6 Å². The zero-order chi connectivity index (χ0) is 22.9. The zero-order valence-corrected chi connectivity index (χ0v) is 17.5. The maximum Gasteiger partial charge on any atom is 0.418 e. The fourth-order valence-electron chi connectivity index (χ4n) is 4.33. The van der Waals surface area contributed by atoms with Crippen molar-refractivity contribution in [2.45, 2.75) is 31.9 Å². The third-order valence-corrected chi connectivity index (χ3v) is 5.95. The van der Waals surface area contributed by atoms with E-state index in [1.54, 1.807) is 11.0 Å². The van der Waals surface area contributed by atoms with Gasteiger partial charge in [0.15, 0.2) is 6.29 Å². The standard InChI is InChI=1S/C21H26F3N5O3/c22-21(23,24)16-5-3-4-15(18(16)27-7-1-2-8-27)14-26-10-12-28(13-11-26)20(32)29-9-6-17(25-29)19(30)31/h3-6,9,19,30-31H,1-2,7-8,10-14H2. The Kier molecular flexibility index (Phi) is 6.40. The number of nitrogens with zero attached hydrogens (tertiary/aromatic N) is 5. The van der Waals surface area contributed by atoms with E-state index in [9.17, 15) is 18.0 Å². The molecule has 0 aliphatic carbocycles. The summed E-state index contributed by atoms with van der Waals surface area (Å²) in [6.45, 7) is 3.44. The highest BCUT2D eigenvalue weighted by molar-refractivity contribution is 5.76. The average Bonchev–Trinajstić information content (AvgIpc) is 3.45. The first-order chi connectivity index (χ1) is 15.2. The van der Waals surface area contributed by atoms with Crippen LogP contribution in [0, 0.1) is 0 Å². The zero-order valence-electron chi connectivity index (χ0n) is 17.5. The van der Waals surface area contributed by atoms with Gasteiger partial charge in [-0.15, -0.1) is 0 Å². The maximum atomic E-state index is 13.7. The highest BCUT2D eigenvalue weighted by Gasteiger charge is 2.37. The van der Waals surface area contributed by atoms with Gasteiger partial charge in [0.05, 0.1) is 11.3 Å². The first-order valence-corrected chi connectivity index (χ1v) is 10.6. The molecule has 32 heavy (non-hydrogen) atoms. The Bertz CT molecular complexity index is 948. The van der Waals surface area contributed by atoms with E-state index in [1.165, 1.54) is 18.3 Å². The summed E-state index contributed by atoms with van der Waals surface area (Å²) in [7, 11) is 0. The Morgan fingerprint density at radius 3 is 2.31 bits per heavy atom. The van der Waals surface area contributed by atoms with Crippen molar-refractivity contribution in [1.29, 1.82) is 0 Å². The topological polar surface area (TPSA) is 85.1 Å². The van der Waals surface area contributed by atoms with Gasteiger partial charge >= 0.3 is 12.2 Å². The van der Waals surface area contributed by atoms with Gasteiger partial charge in [-0.05, 0) is 30.5 Å². The molecule has 2 fully saturated rings. The molecule has 4 rings (SSSR count). The summed E-state index contributed by atoms with van der Waals surface area (Å²) in [4.78, 5) is 18.1. The van der Waals surface area contributed by atoms with Gasteiger partial charge in [-0.1, -0.05) is 12.1 Å². The summed E-state index contributed by atoms with van der Waals surface area (Å²) in [6, 6.07) is 5.34. The molecule has 1 aromatic carbocycles. The molecule has 0 spiro atoms. The fraction of sp³-hybridized carbons (Fsp3) is 0.524. The van der Waals surface area contributed by atoms with Gasteiger partial charge in [0.1, 0.15) is 5.69 Å². The highest BCUT2D eigenvalue weighted by Crippen LogP contribution is 2.40. The van der Waals surface area contributed by atoms with Crippen LogP contribution in [-0.4, -0.2) is 75.1 Å². The summed E-state index contributed by atoms with van der Waals surface area (Å²) in [5.41, 5.74) is 0.319. The lowest BCUT2D eigenvalue weighted by atomic mass is 10.0. The van der Waals surface area contributed by atoms with Crippen LogP contribution in [0.5, 0.6) is 0 Å². The van der Waals surface area contributed by atoms with E-state index in [4.69, 9.17) is 10.2 Å². The van der Waals surface area contributed by atoms with Crippen LogP contribution >= 0.6 is 0 Å². The summed E-state index contributed by atoms with van der Waals surface area (Å²) < 4.78 is 42.1. The van der Waals surface area contributed by atoms with Crippen molar-refractivity contribution < 1.29 is 28.2 Å². The second-order valence-corrected chi connectivity index (χ2v) is 8.11. The second kappa shape index (κ2) is 9.08. The van der Waals surface area contributed by atoms with E-state index in [2.05, 4.69) is 5.10 Å². The minimum absolute atomic E-state index is 0.0176. The van der Waals surface area contributed by atoms with E-state index in [-0.39, 0.29) is 17.4 Å². The van der Waals surface area contributed by atoms with Crippen LogP contribution in [-0.2, 0) is 12.7 Å². The van der Waals surface area contributed by atoms with E-state index in [1.807, 2.05) is 9.80 Å². The molecular weight excluding hydrogens is 427 g/mol. The molecular formula is C21H26F3N5O3. The smallest absolute Gasteiger partial charge is 0.371 e. The Labute approximate surface area is 183 Å². The second-order valence-electron chi connectivity index (χ2n) is 8.11. The molecule has 2 N–H and O–H groups in total. The van der Waals surface area contributed by atoms with Crippen molar-refractivity contribution in [2.75, 3.05) is 44.2 Å². The number of carbonyl (C=O) groups excluding carboxylic acids is 1. The normalized spacial score (nSPS) is 18.1. The van der Waals surface area contributed by atoms with E-state index in [0.29, 0.717) is 51.4 Å². The number of alkyl halides is 3. The molecule has 2 aliphatic rings. The van der Waals surface area contributed by atoms with Gasteiger partial charge in [-0.25, -0.2) is 4.79 Å². The fourth-order valence-corrected chi connectivity index (χ4v) is 4.33. The predicted octanol–water partition coefficient (Wildman–Crippen LogP) is 2.27. The summed E-state index contributed by atoms with van der Waals surface area (Å²) in [5, 5.41) is 22.2. The third kappa shape index (κ3) is 4.74. The SMILES string of the molecule is O=C(N1CCN(Cc2cccc(C(F)(F)F)c2N2CCCC2)CC1)n1ccc(C(O)O)n1. The monoisotopic (exact) mass is 453 g/mol. The molecule has 3 heterocycles. The van der Waals surface area contributed by atoms with Crippen LogP contribution < -0.4 is 4.90 Å². The van der Waals surface area contributed by atoms with Crippen LogP contribution in [0.25, 0.3) is 0 Å². The number of hydrogen-bond acceptors (Lipinski definition) is 6. The average molecular weight is 453 g/mol. The van der Waals surface area contributed by atoms with E-state index < -0.39 is 18.0 Å². The molecule has 174 valence electrons. The van der Waals surface area contributed by atoms with E-state index in [0.717, 1.165) is 23.6 Å². The van der Waals surface area contributed by atoms with Crippen LogP contribution in [0.3, 0.4) is 0 Å². The van der Waals surface area contributed by atoms with Crippen molar-refractivity contribution >= 4 is 11.7 Å². The van der Waals surface area contributed by atoms with Crippen molar-refractivity contribution in [2.24, 2.45) is 0 Å². The Balaban J connectivity index is 1.44. The van der Waals surface area contributed by atoms with Crippen molar-refractivity contribution in [3.63, 3.8) is 0 Å². The van der Waals surface area contributed by atoms with E-state index >= 15 is 0 Å². The largest absolute Gasteiger partial charge is 0.418 e. The number of aromatic nitrogens is 2. The van der Waals surface area contributed by atoms with Crippen LogP contribution in [0.2, 0.25) is 0 Å². The van der Waals surface area contributed by atoms with Crippen molar-refractivity contribution in [3.8, 4) is 0 Å². The highest BCUT2D eigenvalue weighted by atomic mass is 19.4. The summed E-state index contributed by atoms with van der Waals surface area (Å²) in [6.07, 6.45) is -3.03. The number of amides is 1. The molecule has 0 radical (unpaired) electrons. The Morgan fingerprint density at radius 2 is 1.72 bits per heavy atom. The molecule has 8 nitrogen and oxygen atoms in total. The Hall–Kier alpha value is -2.63. The van der Waals surface area contributed by atoms with Crippen LogP contribution in [0.15, 0.2) is 30.5 Å². The predicted molar refractivity (Wildman–Crippen MR) is 110 cm³/mol. The molecule has 0 atom stereocenters. The first-order valence-electron chi connectivity index (χ1n) is 10.6. The summed E-state index contributed by atoms with van der Waals surface area (Å²) >= 11 is 0. The van der Waals surface area contributed by atoms with Crippen molar-refractivity contribution in [3.05, 3.63) is 47.3 Å². The molecule has 2 aliphatic heterocycles. The number of anilines is 1. The maximum absolute atomic E-state index is 13.7. The molecule has 2 aromatic rings. The lowest BCUT2D eigenvalue weighted by molar-refractivity contribution is -0.137. The number of rotatable bonds is 4. The van der Waals surface area contributed by atoms with Gasteiger partial charge < -0.3 is 20.0 Å². The van der Waals surface area contributed by atoms with Crippen LogP contribution in [0.4, 0.5) is 23.7 Å². The van der Waals surface area contributed by atoms with Gasteiger partial charge in [0, 0.05) is 52.0 Å². The number of carbonyl (C=O) groups is 1. The van der Waals surface area contributed by atoms with Gasteiger partial charge in [0.25, 0.3) is 0 Å². The number of aliphatic hydroxyl groups is 2.